The molecular formula is C15H14F3NO2S. The fourth-order valence-corrected chi connectivity index (χ4v) is 2.87. The SMILES string of the molecule is Cc1ccc(CNS(=O)(=O)c2cccc(C(F)(F)F)c2)cc1. The molecule has 0 aliphatic rings. The number of aryl methyl sites for hydroxylation is 1. The molecule has 2 aromatic carbocycles. The lowest BCUT2D eigenvalue weighted by Crippen LogP contribution is -2.23. The van der Waals surface area contributed by atoms with Gasteiger partial charge in [0.1, 0.15) is 0 Å². The van der Waals surface area contributed by atoms with Gasteiger partial charge >= 0.3 is 6.18 Å². The van der Waals surface area contributed by atoms with Crippen LogP contribution in [0.2, 0.25) is 0 Å². The van der Waals surface area contributed by atoms with E-state index in [1.807, 2.05) is 19.1 Å². The maximum atomic E-state index is 12.6. The first-order valence-electron chi connectivity index (χ1n) is 6.41. The van der Waals surface area contributed by atoms with Crippen molar-refractivity contribution in [1.29, 1.82) is 0 Å². The number of nitrogens with one attached hydrogen (secondary N) is 1. The summed E-state index contributed by atoms with van der Waals surface area (Å²) in [5, 5.41) is 0. The molecule has 0 aliphatic carbocycles. The molecule has 0 bridgehead atoms. The highest BCUT2D eigenvalue weighted by molar-refractivity contribution is 7.89. The second-order valence-corrected chi connectivity index (χ2v) is 6.60. The lowest BCUT2D eigenvalue weighted by molar-refractivity contribution is -0.137. The third-order valence-corrected chi connectivity index (χ3v) is 4.46. The van der Waals surface area contributed by atoms with E-state index in [4.69, 9.17) is 0 Å². The molecular weight excluding hydrogens is 315 g/mol. The van der Waals surface area contributed by atoms with Gasteiger partial charge in [-0.25, -0.2) is 13.1 Å². The van der Waals surface area contributed by atoms with Crippen molar-refractivity contribution in [1.82, 2.24) is 4.72 Å². The molecule has 2 rings (SSSR count). The van der Waals surface area contributed by atoms with E-state index in [2.05, 4.69) is 4.72 Å². The summed E-state index contributed by atoms with van der Waals surface area (Å²) < 4.78 is 64.3. The summed E-state index contributed by atoms with van der Waals surface area (Å²) in [4.78, 5) is -0.408. The van der Waals surface area contributed by atoms with Crippen LogP contribution in [0.1, 0.15) is 16.7 Å². The van der Waals surface area contributed by atoms with Gasteiger partial charge in [0.15, 0.2) is 0 Å². The Balaban J connectivity index is 2.18. The molecule has 0 heterocycles. The lowest BCUT2D eigenvalue weighted by atomic mass is 10.2. The van der Waals surface area contributed by atoms with Crippen LogP contribution in [-0.4, -0.2) is 8.42 Å². The van der Waals surface area contributed by atoms with Crippen molar-refractivity contribution in [3.63, 3.8) is 0 Å². The largest absolute Gasteiger partial charge is 0.416 e. The van der Waals surface area contributed by atoms with Crippen molar-refractivity contribution in [2.45, 2.75) is 24.5 Å². The van der Waals surface area contributed by atoms with Gasteiger partial charge < -0.3 is 0 Å². The van der Waals surface area contributed by atoms with E-state index in [0.29, 0.717) is 6.07 Å². The minimum absolute atomic E-state index is 0.0128. The molecule has 118 valence electrons. The highest BCUT2D eigenvalue weighted by Crippen LogP contribution is 2.30. The van der Waals surface area contributed by atoms with Crippen molar-refractivity contribution in [3.05, 3.63) is 65.2 Å². The zero-order valence-electron chi connectivity index (χ0n) is 11.7. The highest BCUT2D eigenvalue weighted by Gasteiger charge is 2.31. The monoisotopic (exact) mass is 329 g/mol. The second kappa shape index (κ2) is 6.10. The van der Waals surface area contributed by atoms with Crippen LogP contribution in [0.5, 0.6) is 0 Å². The van der Waals surface area contributed by atoms with E-state index in [0.717, 1.165) is 29.3 Å². The standard InChI is InChI=1S/C15H14F3NO2S/c1-11-5-7-12(8-6-11)10-19-22(20,21)14-4-2-3-13(9-14)15(16,17)18/h2-9,19H,10H2,1H3. The van der Waals surface area contributed by atoms with Gasteiger partial charge in [0.2, 0.25) is 10.0 Å². The zero-order valence-corrected chi connectivity index (χ0v) is 12.5. The van der Waals surface area contributed by atoms with Crippen LogP contribution >= 0.6 is 0 Å². The van der Waals surface area contributed by atoms with Gasteiger partial charge in [-0.2, -0.15) is 13.2 Å². The topological polar surface area (TPSA) is 46.2 Å². The van der Waals surface area contributed by atoms with Gasteiger partial charge in [0, 0.05) is 6.54 Å². The molecule has 0 radical (unpaired) electrons. The first kappa shape index (κ1) is 16.5. The predicted molar refractivity (Wildman–Crippen MR) is 76.6 cm³/mol. The molecule has 0 aromatic heterocycles. The van der Waals surface area contributed by atoms with Crippen molar-refractivity contribution in [2.75, 3.05) is 0 Å². The van der Waals surface area contributed by atoms with Crippen LogP contribution in [0.3, 0.4) is 0 Å². The lowest BCUT2D eigenvalue weighted by Gasteiger charge is -2.10. The number of sulfonamides is 1. The summed E-state index contributed by atoms with van der Waals surface area (Å²) in [6, 6.07) is 10.8. The van der Waals surface area contributed by atoms with Crippen molar-refractivity contribution < 1.29 is 21.6 Å². The molecule has 0 saturated carbocycles. The second-order valence-electron chi connectivity index (χ2n) is 4.84. The normalized spacial score (nSPS) is 12.4. The Morgan fingerprint density at radius 1 is 1.05 bits per heavy atom. The summed E-state index contributed by atoms with van der Waals surface area (Å²) in [6.45, 7) is 1.91. The fourth-order valence-electron chi connectivity index (χ4n) is 1.81. The third-order valence-electron chi connectivity index (χ3n) is 3.06. The number of rotatable bonds is 4. The number of alkyl halides is 3. The fraction of sp³-hybridized carbons (Fsp3) is 0.200. The summed E-state index contributed by atoms with van der Waals surface area (Å²) in [5.74, 6) is 0. The first-order chi connectivity index (χ1) is 10.2. The van der Waals surface area contributed by atoms with E-state index >= 15 is 0 Å². The Kier molecular flexibility index (Phi) is 4.58. The van der Waals surface area contributed by atoms with Crippen molar-refractivity contribution in [3.8, 4) is 0 Å². The van der Waals surface area contributed by atoms with Crippen LogP contribution in [0.4, 0.5) is 13.2 Å². The Morgan fingerprint density at radius 2 is 1.68 bits per heavy atom. The Bertz CT molecular complexity index is 753. The molecule has 0 unspecified atom stereocenters. The third kappa shape index (κ3) is 4.08. The molecule has 0 atom stereocenters. The summed E-state index contributed by atoms with van der Waals surface area (Å²) in [7, 11) is -4.00. The predicted octanol–water partition coefficient (Wildman–Crippen LogP) is 3.49. The smallest absolute Gasteiger partial charge is 0.207 e. The van der Waals surface area contributed by atoms with E-state index in [-0.39, 0.29) is 6.54 Å². The van der Waals surface area contributed by atoms with Gasteiger partial charge in [-0.3, -0.25) is 0 Å². The molecule has 1 N–H and O–H groups in total. The van der Waals surface area contributed by atoms with Crippen LogP contribution in [0.25, 0.3) is 0 Å². The number of benzene rings is 2. The van der Waals surface area contributed by atoms with E-state index in [9.17, 15) is 21.6 Å². The minimum Gasteiger partial charge on any atom is -0.207 e. The van der Waals surface area contributed by atoms with Crippen LogP contribution in [0.15, 0.2) is 53.4 Å². The molecule has 0 amide bonds. The van der Waals surface area contributed by atoms with Crippen LogP contribution < -0.4 is 4.72 Å². The molecule has 7 heteroatoms. The van der Waals surface area contributed by atoms with E-state index in [1.165, 1.54) is 0 Å². The highest BCUT2D eigenvalue weighted by atomic mass is 32.2. The van der Waals surface area contributed by atoms with Crippen LogP contribution in [0, 0.1) is 6.92 Å². The molecule has 0 aliphatic heterocycles. The van der Waals surface area contributed by atoms with Gasteiger partial charge in [-0.15, -0.1) is 0 Å². The Morgan fingerprint density at radius 3 is 2.27 bits per heavy atom. The van der Waals surface area contributed by atoms with Gasteiger partial charge in [0.25, 0.3) is 0 Å². The maximum Gasteiger partial charge on any atom is 0.416 e. The quantitative estimate of drug-likeness (QED) is 0.933. The number of hydrogen-bond acceptors (Lipinski definition) is 2. The molecule has 0 saturated heterocycles. The van der Waals surface area contributed by atoms with Gasteiger partial charge in [-0.1, -0.05) is 35.9 Å². The maximum absolute atomic E-state index is 12.6. The van der Waals surface area contributed by atoms with Gasteiger partial charge in [0.05, 0.1) is 10.5 Å². The molecule has 0 spiro atoms. The summed E-state index contributed by atoms with van der Waals surface area (Å²) in [6.07, 6.45) is -4.58. The summed E-state index contributed by atoms with van der Waals surface area (Å²) in [5.41, 5.74) is 0.761. The molecule has 0 fully saturated rings. The zero-order chi connectivity index (χ0) is 16.4. The molecule has 2 aromatic rings. The van der Waals surface area contributed by atoms with Crippen LogP contribution in [-0.2, 0) is 22.7 Å². The molecule has 3 nitrogen and oxygen atoms in total. The molecule has 22 heavy (non-hydrogen) atoms. The van der Waals surface area contributed by atoms with E-state index < -0.39 is 26.7 Å². The Labute approximate surface area is 126 Å². The first-order valence-corrected chi connectivity index (χ1v) is 7.89. The Hall–Kier alpha value is -1.86. The average Bonchev–Trinajstić information content (AvgIpc) is 2.46. The average molecular weight is 329 g/mol. The van der Waals surface area contributed by atoms with Gasteiger partial charge in [-0.05, 0) is 30.7 Å². The van der Waals surface area contributed by atoms with Crippen molar-refractivity contribution >= 4 is 10.0 Å². The van der Waals surface area contributed by atoms with E-state index in [1.54, 1.807) is 12.1 Å². The summed E-state index contributed by atoms with van der Waals surface area (Å²) >= 11 is 0. The van der Waals surface area contributed by atoms with Crippen molar-refractivity contribution in [2.24, 2.45) is 0 Å². The number of hydrogen-bond donors (Lipinski definition) is 1. The number of halogens is 3. The minimum atomic E-state index is -4.58.